The number of carbonyl (C=O) groups is 1. The molecule has 0 aliphatic carbocycles. The number of para-hydroxylation sites is 1. The average molecular weight is 399 g/mol. The summed E-state index contributed by atoms with van der Waals surface area (Å²) in [6.45, 7) is 2.40. The standard InChI is InChI=1S/C23H30N2O4/c1-25(17-19-8-4-5-9-21(19)28-2)15-7-6-14-24-23(27)13-11-18-10-12-20(26)22(16-18)29-3/h4-5,8-13,16,26H,6-7,14-15,17H2,1-3H3,(H,24,27)/b13-11+. The Morgan fingerprint density at radius 3 is 2.62 bits per heavy atom. The Morgan fingerprint density at radius 1 is 1.10 bits per heavy atom. The Labute approximate surface area is 172 Å². The van der Waals surface area contributed by atoms with Gasteiger partial charge in [-0.15, -0.1) is 0 Å². The van der Waals surface area contributed by atoms with E-state index in [9.17, 15) is 9.90 Å². The van der Waals surface area contributed by atoms with Gasteiger partial charge >= 0.3 is 0 Å². The lowest BCUT2D eigenvalue weighted by atomic mass is 10.2. The number of benzene rings is 2. The maximum Gasteiger partial charge on any atom is 0.243 e. The van der Waals surface area contributed by atoms with Gasteiger partial charge < -0.3 is 24.8 Å². The molecule has 0 atom stereocenters. The van der Waals surface area contributed by atoms with Crippen LogP contribution in [-0.4, -0.2) is 50.3 Å². The number of nitrogens with zero attached hydrogens (tertiary/aromatic N) is 1. The molecular weight excluding hydrogens is 368 g/mol. The van der Waals surface area contributed by atoms with Crippen molar-refractivity contribution in [2.45, 2.75) is 19.4 Å². The van der Waals surface area contributed by atoms with Crippen molar-refractivity contribution >= 4 is 12.0 Å². The fourth-order valence-corrected chi connectivity index (χ4v) is 2.95. The quantitative estimate of drug-likeness (QED) is 0.448. The lowest BCUT2D eigenvalue weighted by Gasteiger charge is -2.18. The number of methoxy groups -OCH3 is 2. The van der Waals surface area contributed by atoms with Gasteiger partial charge in [0.25, 0.3) is 0 Å². The van der Waals surface area contributed by atoms with Crippen molar-refractivity contribution in [3.8, 4) is 17.2 Å². The molecule has 0 saturated carbocycles. The summed E-state index contributed by atoms with van der Waals surface area (Å²) in [7, 11) is 5.26. The van der Waals surface area contributed by atoms with Crippen LogP contribution in [0.15, 0.2) is 48.5 Å². The van der Waals surface area contributed by atoms with Crippen LogP contribution < -0.4 is 14.8 Å². The number of phenols is 1. The Morgan fingerprint density at radius 2 is 1.86 bits per heavy atom. The third kappa shape index (κ3) is 7.50. The number of nitrogens with one attached hydrogen (secondary N) is 1. The molecule has 0 aromatic heterocycles. The van der Waals surface area contributed by atoms with Crippen molar-refractivity contribution < 1.29 is 19.4 Å². The molecule has 2 aromatic carbocycles. The van der Waals surface area contributed by atoms with E-state index in [1.54, 1.807) is 25.3 Å². The Bertz CT molecular complexity index is 820. The number of ether oxygens (including phenoxy) is 2. The number of rotatable bonds is 11. The van der Waals surface area contributed by atoms with Crippen molar-refractivity contribution in [2.75, 3.05) is 34.4 Å². The number of amides is 1. The van der Waals surface area contributed by atoms with Gasteiger partial charge in [0.15, 0.2) is 11.5 Å². The van der Waals surface area contributed by atoms with Crippen molar-refractivity contribution in [1.29, 1.82) is 0 Å². The highest BCUT2D eigenvalue weighted by molar-refractivity contribution is 5.91. The number of carbonyl (C=O) groups excluding carboxylic acids is 1. The van der Waals surface area contributed by atoms with Gasteiger partial charge in [0.1, 0.15) is 5.75 Å². The molecule has 0 heterocycles. The molecule has 0 aliphatic heterocycles. The van der Waals surface area contributed by atoms with Crippen LogP contribution in [0, 0.1) is 0 Å². The van der Waals surface area contributed by atoms with E-state index in [2.05, 4.69) is 23.3 Å². The van der Waals surface area contributed by atoms with E-state index in [1.165, 1.54) is 24.8 Å². The Hall–Kier alpha value is -2.99. The molecule has 6 heteroatoms. The first-order valence-electron chi connectivity index (χ1n) is 9.67. The molecule has 29 heavy (non-hydrogen) atoms. The van der Waals surface area contributed by atoms with E-state index in [1.807, 2.05) is 18.2 Å². The lowest BCUT2D eigenvalue weighted by molar-refractivity contribution is -0.116. The number of hydrogen-bond donors (Lipinski definition) is 2. The largest absolute Gasteiger partial charge is 0.504 e. The summed E-state index contributed by atoms with van der Waals surface area (Å²) in [5.74, 6) is 1.22. The molecule has 1 amide bonds. The minimum atomic E-state index is -0.139. The zero-order chi connectivity index (χ0) is 21.1. The van der Waals surface area contributed by atoms with E-state index < -0.39 is 0 Å². The van der Waals surface area contributed by atoms with E-state index in [4.69, 9.17) is 9.47 Å². The summed E-state index contributed by atoms with van der Waals surface area (Å²) < 4.78 is 10.4. The lowest BCUT2D eigenvalue weighted by Crippen LogP contribution is -2.24. The molecule has 2 N–H and O–H groups in total. The van der Waals surface area contributed by atoms with Gasteiger partial charge in [-0.05, 0) is 56.3 Å². The zero-order valence-corrected chi connectivity index (χ0v) is 17.4. The second-order valence-electron chi connectivity index (χ2n) is 6.81. The third-order valence-electron chi connectivity index (χ3n) is 4.53. The van der Waals surface area contributed by atoms with E-state index >= 15 is 0 Å². The van der Waals surface area contributed by atoms with Crippen LogP contribution >= 0.6 is 0 Å². The smallest absolute Gasteiger partial charge is 0.243 e. The summed E-state index contributed by atoms with van der Waals surface area (Å²) in [5.41, 5.74) is 1.95. The summed E-state index contributed by atoms with van der Waals surface area (Å²) >= 11 is 0. The number of hydrogen-bond acceptors (Lipinski definition) is 5. The maximum absolute atomic E-state index is 11.9. The van der Waals surface area contributed by atoms with Crippen molar-refractivity contribution in [1.82, 2.24) is 10.2 Å². The topological polar surface area (TPSA) is 71.0 Å². The van der Waals surface area contributed by atoms with E-state index in [0.29, 0.717) is 12.3 Å². The second-order valence-corrected chi connectivity index (χ2v) is 6.81. The first-order chi connectivity index (χ1) is 14.0. The first-order valence-corrected chi connectivity index (χ1v) is 9.67. The average Bonchev–Trinajstić information content (AvgIpc) is 2.73. The summed E-state index contributed by atoms with van der Waals surface area (Å²) in [6.07, 6.45) is 5.08. The molecular formula is C23H30N2O4. The highest BCUT2D eigenvalue weighted by Gasteiger charge is 2.06. The van der Waals surface area contributed by atoms with Gasteiger partial charge in [-0.25, -0.2) is 0 Å². The Balaban J connectivity index is 1.66. The highest BCUT2D eigenvalue weighted by Crippen LogP contribution is 2.26. The van der Waals surface area contributed by atoms with E-state index in [-0.39, 0.29) is 11.7 Å². The summed E-state index contributed by atoms with van der Waals surface area (Å²) in [5, 5.41) is 12.5. The molecule has 0 radical (unpaired) electrons. The van der Waals surface area contributed by atoms with Gasteiger partial charge in [0.05, 0.1) is 14.2 Å². The normalized spacial score (nSPS) is 11.0. The van der Waals surface area contributed by atoms with Gasteiger partial charge in [-0.2, -0.15) is 0 Å². The number of aromatic hydroxyl groups is 1. The molecule has 2 rings (SSSR count). The number of unbranched alkanes of at least 4 members (excludes halogenated alkanes) is 1. The van der Waals surface area contributed by atoms with Crippen LogP contribution in [-0.2, 0) is 11.3 Å². The molecule has 0 aliphatic rings. The van der Waals surface area contributed by atoms with Crippen molar-refractivity contribution in [2.24, 2.45) is 0 Å². The first kappa shape index (κ1) is 22.3. The molecule has 2 aromatic rings. The van der Waals surface area contributed by atoms with Crippen LogP contribution in [0.1, 0.15) is 24.0 Å². The number of phenolic OH excluding ortho intramolecular Hbond substituents is 1. The molecule has 0 saturated heterocycles. The zero-order valence-electron chi connectivity index (χ0n) is 17.4. The molecule has 0 fully saturated rings. The van der Waals surface area contributed by atoms with Crippen molar-refractivity contribution in [3.63, 3.8) is 0 Å². The predicted molar refractivity (Wildman–Crippen MR) is 115 cm³/mol. The monoisotopic (exact) mass is 398 g/mol. The molecule has 0 bridgehead atoms. The van der Waals surface area contributed by atoms with Crippen molar-refractivity contribution in [3.05, 3.63) is 59.7 Å². The Kier molecular flexibility index (Phi) is 9.05. The molecule has 0 unspecified atom stereocenters. The summed E-state index contributed by atoms with van der Waals surface area (Å²) in [6, 6.07) is 13.0. The minimum absolute atomic E-state index is 0.0739. The van der Waals surface area contributed by atoms with Crippen LogP contribution in [0.25, 0.3) is 6.08 Å². The fourth-order valence-electron chi connectivity index (χ4n) is 2.95. The van der Waals surface area contributed by atoms with Gasteiger partial charge in [0.2, 0.25) is 5.91 Å². The fraction of sp³-hybridized carbons (Fsp3) is 0.348. The van der Waals surface area contributed by atoms with Crippen LogP contribution in [0.5, 0.6) is 17.2 Å². The second kappa shape index (κ2) is 11.8. The third-order valence-corrected chi connectivity index (χ3v) is 4.53. The van der Waals surface area contributed by atoms with Gasteiger partial charge in [0, 0.05) is 24.7 Å². The highest BCUT2D eigenvalue weighted by atomic mass is 16.5. The van der Waals surface area contributed by atoms with Crippen LogP contribution in [0.3, 0.4) is 0 Å². The maximum atomic E-state index is 11.9. The molecule has 156 valence electrons. The molecule has 0 spiro atoms. The van der Waals surface area contributed by atoms with E-state index in [0.717, 1.165) is 37.2 Å². The SMILES string of the molecule is COc1cc(/C=C/C(=O)NCCCCN(C)Cc2ccccc2OC)ccc1O. The van der Waals surface area contributed by atoms with Gasteiger partial charge in [-0.3, -0.25) is 4.79 Å². The minimum Gasteiger partial charge on any atom is -0.504 e. The van der Waals surface area contributed by atoms with Gasteiger partial charge in [-0.1, -0.05) is 24.3 Å². The molecule has 6 nitrogen and oxygen atoms in total. The summed E-state index contributed by atoms with van der Waals surface area (Å²) in [4.78, 5) is 14.2. The van der Waals surface area contributed by atoms with Crippen LogP contribution in [0.2, 0.25) is 0 Å². The van der Waals surface area contributed by atoms with Crippen LogP contribution in [0.4, 0.5) is 0 Å². The predicted octanol–water partition coefficient (Wildman–Crippen LogP) is 3.45.